The molecule has 0 bridgehead atoms. The molecule has 0 radical (unpaired) electrons. The first-order valence-electron chi connectivity index (χ1n) is 9.77. The lowest BCUT2D eigenvalue weighted by atomic mass is 10.1. The second-order valence-electron chi connectivity index (χ2n) is 6.97. The lowest BCUT2D eigenvalue weighted by Crippen LogP contribution is -2.24. The van der Waals surface area contributed by atoms with Gasteiger partial charge in [-0.3, -0.25) is 14.8 Å². The minimum atomic E-state index is -0.456. The maximum Gasteiger partial charge on any atom is 0.251 e. The molecule has 2 heterocycles. The van der Waals surface area contributed by atoms with Crippen LogP contribution in [0.1, 0.15) is 21.5 Å². The predicted octanol–water partition coefficient (Wildman–Crippen LogP) is 4.84. The lowest BCUT2D eigenvalue weighted by molar-refractivity contribution is 0.0949. The smallest absolute Gasteiger partial charge is 0.251 e. The van der Waals surface area contributed by atoms with Gasteiger partial charge in [0, 0.05) is 53.8 Å². The van der Waals surface area contributed by atoms with Gasteiger partial charge in [-0.1, -0.05) is 6.07 Å². The summed E-state index contributed by atoms with van der Waals surface area (Å²) >= 11 is 0. The minimum absolute atomic E-state index is 0.0699. The fraction of sp³-hybridized carbons (Fsp3) is 0.125. The molecule has 31 heavy (non-hydrogen) atoms. The molecule has 2 N–H and O–H groups in total. The van der Waals surface area contributed by atoms with Crippen molar-refractivity contribution in [2.75, 3.05) is 12.4 Å². The number of aromatic nitrogens is 2. The fourth-order valence-electron chi connectivity index (χ4n) is 3.27. The average Bonchev–Trinajstić information content (AvgIpc) is 2.79. The summed E-state index contributed by atoms with van der Waals surface area (Å²) in [7, 11) is 1.85. The number of carbonyl (C=O) groups is 1. The molecular weight excluding hydrogens is 395 g/mol. The molecule has 0 unspecified atom stereocenters. The Kier molecular flexibility index (Phi) is 5.75. The van der Waals surface area contributed by atoms with E-state index in [4.69, 9.17) is 4.74 Å². The third-order valence-corrected chi connectivity index (χ3v) is 5.04. The second-order valence-corrected chi connectivity index (χ2v) is 6.97. The van der Waals surface area contributed by atoms with Crippen molar-refractivity contribution in [3.05, 3.63) is 89.6 Å². The van der Waals surface area contributed by atoms with Gasteiger partial charge in [-0.25, -0.2) is 4.39 Å². The number of benzene rings is 2. The molecule has 4 rings (SSSR count). The highest BCUT2D eigenvalue weighted by molar-refractivity contribution is 5.96. The van der Waals surface area contributed by atoms with Crippen LogP contribution in [0.5, 0.6) is 11.5 Å². The largest absolute Gasteiger partial charge is 0.456 e. The van der Waals surface area contributed by atoms with Gasteiger partial charge >= 0.3 is 0 Å². The van der Waals surface area contributed by atoms with E-state index in [2.05, 4.69) is 20.6 Å². The molecule has 1 amide bonds. The number of halogens is 1. The molecule has 2 aromatic heterocycles. The van der Waals surface area contributed by atoms with Gasteiger partial charge in [-0.05, 0) is 49.4 Å². The van der Waals surface area contributed by atoms with Gasteiger partial charge < -0.3 is 15.4 Å². The second kappa shape index (κ2) is 8.79. The van der Waals surface area contributed by atoms with Gasteiger partial charge in [0.2, 0.25) is 0 Å². The van der Waals surface area contributed by atoms with Gasteiger partial charge in [-0.2, -0.15) is 0 Å². The van der Waals surface area contributed by atoms with Gasteiger partial charge in [0.1, 0.15) is 17.3 Å². The fourth-order valence-corrected chi connectivity index (χ4v) is 3.27. The van der Waals surface area contributed by atoms with Crippen LogP contribution in [0.25, 0.3) is 10.9 Å². The van der Waals surface area contributed by atoms with E-state index in [0.717, 1.165) is 22.8 Å². The Morgan fingerprint density at radius 2 is 1.97 bits per heavy atom. The van der Waals surface area contributed by atoms with Crippen LogP contribution >= 0.6 is 0 Å². The lowest BCUT2D eigenvalue weighted by Gasteiger charge is -2.14. The molecule has 0 saturated heterocycles. The Labute approximate surface area is 179 Å². The molecule has 2 aromatic carbocycles. The SMILES string of the molecule is CNc1ccc2c(Oc3cccc(C(=O)NCc4ccncc4F)c3C)ccnc2c1. The highest BCUT2D eigenvalue weighted by Crippen LogP contribution is 2.32. The number of amides is 1. The number of rotatable bonds is 6. The van der Waals surface area contributed by atoms with E-state index in [1.807, 2.05) is 38.2 Å². The summed E-state index contributed by atoms with van der Waals surface area (Å²) in [5.74, 6) is 0.445. The minimum Gasteiger partial charge on any atom is -0.456 e. The monoisotopic (exact) mass is 416 g/mol. The summed E-state index contributed by atoms with van der Waals surface area (Å²) in [4.78, 5) is 20.8. The number of nitrogens with zero attached hydrogens (tertiary/aromatic N) is 2. The van der Waals surface area contributed by atoms with Crippen molar-refractivity contribution >= 4 is 22.5 Å². The van der Waals surface area contributed by atoms with Crippen LogP contribution < -0.4 is 15.4 Å². The van der Waals surface area contributed by atoms with Crippen molar-refractivity contribution < 1.29 is 13.9 Å². The van der Waals surface area contributed by atoms with Crippen molar-refractivity contribution in [2.24, 2.45) is 0 Å². The summed E-state index contributed by atoms with van der Waals surface area (Å²) in [5, 5.41) is 6.71. The summed E-state index contributed by atoms with van der Waals surface area (Å²) in [6.07, 6.45) is 4.30. The molecule has 0 atom stereocenters. The first kappa shape index (κ1) is 20.3. The normalized spacial score (nSPS) is 10.7. The molecule has 0 aliphatic heterocycles. The summed E-state index contributed by atoms with van der Waals surface area (Å²) < 4.78 is 19.9. The van der Waals surface area contributed by atoms with Crippen molar-refractivity contribution in [3.63, 3.8) is 0 Å². The van der Waals surface area contributed by atoms with Crippen molar-refractivity contribution in [1.29, 1.82) is 0 Å². The van der Waals surface area contributed by atoms with Crippen LogP contribution in [-0.2, 0) is 6.54 Å². The highest BCUT2D eigenvalue weighted by Gasteiger charge is 2.15. The molecule has 156 valence electrons. The number of anilines is 1. The van der Waals surface area contributed by atoms with E-state index in [0.29, 0.717) is 28.2 Å². The summed E-state index contributed by atoms with van der Waals surface area (Å²) in [6, 6.07) is 14.4. The van der Waals surface area contributed by atoms with Crippen LogP contribution in [0.15, 0.2) is 67.1 Å². The first-order chi connectivity index (χ1) is 15.1. The Bertz CT molecular complexity index is 1260. The van der Waals surface area contributed by atoms with Crippen LogP contribution in [0.3, 0.4) is 0 Å². The highest BCUT2D eigenvalue weighted by atomic mass is 19.1. The predicted molar refractivity (Wildman–Crippen MR) is 118 cm³/mol. The molecule has 0 saturated carbocycles. The van der Waals surface area contributed by atoms with Crippen LogP contribution in [0.4, 0.5) is 10.1 Å². The zero-order chi connectivity index (χ0) is 21.8. The van der Waals surface area contributed by atoms with E-state index in [1.54, 1.807) is 24.4 Å². The molecule has 0 fully saturated rings. The number of hydrogen-bond acceptors (Lipinski definition) is 5. The zero-order valence-electron chi connectivity index (χ0n) is 17.1. The van der Waals surface area contributed by atoms with Crippen molar-refractivity contribution in [3.8, 4) is 11.5 Å². The Balaban J connectivity index is 1.57. The van der Waals surface area contributed by atoms with E-state index in [-0.39, 0.29) is 12.5 Å². The van der Waals surface area contributed by atoms with Crippen LogP contribution in [-0.4, -0.2) is 22.9 Å². The van der Waals surface area contributed by atoms with Gasteiger partial charge in [0.25, 0.3) is 5.91 Å². The molecule has 7 heteroatoms. The number of carbonyl (C=O) groups excluding carboxylic acids is 1. The molecule has 0 aliphatic rings. The number of ether oxygens (including phenoxy) is 1. The number of pyridine rings is 2. The maximum atomic E-state index is 13.8. The van der Waals surface area contributed by atoms with Crippen molar-refractivity contribution in [1.82, 2.24) is 15.3 Å². The molecule has 4 aromatic rings. The van der Waals surface area contributed by atoms with Gasteiger partial charge in [-0.15, -0.1) is 0 Å². The summed E-state index contributed by atoms with van der Waals surface area (Å²) in [5.41, 5.74) is 3.28. The maximum absolute atomic E-state index is 13.8. The quantitative estimate of drug-likeness (QED) is 0.470. The Hall–Kier alpha value is -4.00. The molecule has 0 spiro atoms. The first-order valence-corrected chi connectivity index (χ1v) is 9.77. The van der Waals surface area contributed by atoms with E-state index in [1.165, 1.54) is 12.3 Å². The van der Waals surface area contributed by atoms with E-state index in [9.17, 15) is 9.18 Å². The Morgan fingerprint density at radius 3 is 2.77 bits per heavy atom. The van der Waals surface area contributed by atoms with Crippen molar-refractivity contribution in [2.45, 2.75) is 13.5 Å². The Morgan fingerprint density at radius 1 is 1.10 bits per heavy atom. The van der Waals surface area contributed by atoms with E-state index >= 15 is 0 Å². The van der Waals surface area contributed by atoms with Gasteiger partial charge in [0.15, 0.2) is 0 Å². The number of hydrogen-bond donors (Lipinski definition) is 2. The zero-order valence-corrected chi connectivity index (χ0v) is 17.1. The van der Waals surface area contributed by atoms with Gasteiger partial charge in [0.05, 0.1) is 11.7 Å². The third kappa shape index (κ3) is 4.30. The standard InChI is InChI=1S/C24H21FN4O2/c1-15-18(24(30)29-13-16-8-10-27-14-20(16)25)4-3-5-22(15)31-23-9-11-28-21-12-17(26-2)6-7-19(21)23/h3-12,14,26H,13H2,1-2H3,(H,29,30). The third-order valence-electron chi connectivity index (χ3n) is 5.04. The average molecular weight is 416 g/mol. The molecule has 0 aliphatic carbocycles. The topological polar surface area (TPSA) is 76.1 Å². The summed E-state index contributed by atoms with van der Waals surface area (Å²) in [6.45, 7) is 1.89. The molecular formula is C24H21FN4O2. The number of fused-ring (bicyclic) bond motifs is 1. The van der Waals surface area contributed by atoms with Crippen LogP contribution in [0.2, 0.25) is 0 Å². The molecule has 6 nitrogen and oxygen atoms in total. The number of nitrogens with one attached hydrogen (secondary N) is 2. The van der Waals surface area contributed by atoms with Crippen LogP contribution in [0, 0.1) is 12.7 Å². The van der Waals surface area contributed by atoms with E-state index < -0.39 is 5.82 Å².